The fraction of sp³-hybridized carbons (Fsp3) is 0.400. The number of anilines is 1. The van der Waals surface area contributed by atoms with Gasteiger partial charge in [-0.3, -0.25) is 4.79 Å². The van der Waals surface area contributed by atoms with Crippen LogP contribution in [0.3, 0.4) is 0 Å². The Morgan fingerprint density at radius 2 is 2.18 bits per heavy atom. The van der Waals surface area contributed by atoms with Crippen molar-refractivity contribution >= 4 is 40.6 Å². The number of ether oxygens (including phenoxy) is 1. The molecule has 1 unspecified atom stereocenters. The summed E-state index contributed by atoms with van der Waals surface area (Å²) in [6.45, 7) is 4.08. The third kappa shape index (κ3) is 5.70. The first kappa shape index (κ1) is 20.6. The van der Waals surface area contributed by atoms with Crippen LogP contribution in [0.5, 0.6) is 0 Å². The maximum absolute atomic E-state index is 12.5. The first-order chi connectivity index (χ1) is 13.5. The molecular weight excluding hydrogens is 398 g/mol. The van der Waals surface area contributed by atoms with E-state index in [9.17, 15) is 9.59 Å². The summed E-state index contributed by atoms with van der Waals surface area (Å²) in [6.07, 6.45) is 1.30. The fourth-order valence-electron chi connectivity index (χ4n) is 3.01. The van der Waals surface area contributed by atoms with E-state index in [2.05, 4.69) is 10.6 Å². The van der Waals surface area contributed by atoms with Crippen LogP contribution in [0.1, 0.15) is 30.2 Å². The predicted octanol–water partition coefficient (Wildman–Crippen LogP) is 4.25. The highest BCUT2D eigenvalue weighted by Crippen LogP contribution is 2.22. The fourth-order valence-corrected chi connectivity index (χ4v) is 4.11. The van der Waals surface area contributed by atoms with Gasteiger partial charge < -0.3 is 20.3 Å². The minimum atomic E-state index is -0.368. The van der Waals surface area contributed by atoms with E-state index in [0.29, 0.717) is 36.3 Å². The van der Waals surface area contributed by atoms with Crippen LogP contribution < -0.4 is 10.6 Å². The van der Waals surface area contributed by atoms with E-state index in [1.165, 1.54) is 11.3 Å². The van der Waals surface area contributed by atoms with Crippen molar-refractivity contribution in [2.75, 3.05) is 18.5 Å². The smallest absolute Gasteiger partial charge is 0.317 e. The monoisotopic (exact) mass is 421 g/mol. The molecule has 1 aliphatic rings. The molecule has 3 amide bonds. The van der Waals surface area contributed by atoms with Gasteiger partial charge in [-0.05, 0) is 49.6 Å². The van der Waals surface area contributed by atoms with E-state index in [1.54, 1.807) is 4.90 Å². The molecule has 2 N–H and O–H groups in total. The van der Waals surface area contributed by atoms with Gasteiger partial charge in [0.1, 0.15) is 6.10 Å². The van der Waals surface area contributed by atoms with Crippen LogP contribution in [0.2, 0.25) is 4.34 Å². The predicted molar refractivity (Wildman–Crippen MR) is 112 cm³/mol. The van der Waals surface area contributed by atoms with Gasteiger partial charge in [0.25, 0.3) is 5.91 Å². The van der Waals surface area contributed by atoms with Crippen molar-refractivity contribution < 1.29 is 14.3 Å². The normalized spacial score (nSPS) is 16.0. The van der Waals surface area contributed by atoms with Crippen LogP contribution in [0.15, 0.2) is 36.4 Å². The molecule has 0 spiro atoms. The number of halogens is 1. The lowest BCUT2D eigenvalue weighted by Gasteiger charge is -2.21. The molecule has 1 aliphatic heterocycles. The number of benzene rings is 1. The summed E-state index contributed by atoms with van der Waals surface area (Å²) in [7, 11) is 0. The standard InChI is InChI=1S/C20H24ClN3O3S/c1-2-24(13-16-8-9-18(21)28-16)20(26)22-12-14-5-3-6-15(11-14)23-19(25)17-7-4-10-27-17/h3,5-6,8-9,11,17H,2,4,7,10,12-13H2,1H3,(H,22,26)(H,23,25). The second kappa shape index (κ2) is 9.91. The summed E-state index contributed by atoms with van der Waals surface area (Å²) in [5.41, 5.74) is 1.61. The highest BCUT2D eigenvalue weighted by molar-refractivity contribution is 7.16. The summed E-state index contributed by atoms with van der Waals surface area (Å²) in [4.78, 5) is 27.4. The number of carbonyl (C=O) groups excluding carboxylic acids is 2. The molecule has 1 fully saturated rings. The first-order valence-corrected chi connectivity index (χ1v) is 10.5. The molecule has 1 saturated heterocycles. The maximum Gasteiger partial charge on any atom is 0.317 e. The van der Waals surface area contributed by atoms with E-state index < -0.39 is 0 Å². The highest BCUT2D eigenvalue weighted by atomic mass is 35.5. The Morgan fingerprint density at radius 3 is 2.86 bits per heavy atom. The molecule has 0 bridgehead atoms. The first-order valence-electron chi connectivity index (χ1n) is 9.33. The second-order valence-corrected chi connectivity index (χ2v) is 8.37. The molecule has 0 aliphatic carbocycles. The summed E-state index contributed by atoms with van der Waals surface area (Å²) in [5.74, 6) is -0.120. The molecule has 2 heterocycles. The van der Waals surface area contributed by atoms with Crippen LogP contribution in [0.4, 0.5) is 10.5 Å². The molecule has 0 radical (unpaired) electrons. The van der Waals surface area contributed by atoms with Crippen molar-refractivity contribution in [2.24, 2.45) is 0 Å². The van der Waals surface area contributed by atoms with Crippen molar-refractivity contribution in [3.63, 3.8) is 0 Å². The number of hydrogen-bond donors (Lipinski definition) is 2. The van der Waals surface area contributed by atoms with Crippen molar-refractivity contribution in [2.45, 2.75) is 39.0 Å². The van der Waals surface area contributed by atoms with E-state index in [1.807, 2.05) is 43.3 Å². The number of nitrogens with one attached hydrogen (secondary N) is 2. The zero-order valence-corrected chi connectivity index (χ0v) is 17.3. The molecule has 3 rings (SSSR count). The van der Waals surface area contributed by atoms with Crippen molar-refractivity contribution in [1.29, 1.82) is 0 Å². The molecule has 150 valence electrons. The van der Waals surface area contributed by atoms with Gasteiger partial charge in [-0.2, -0.15) is 0 Å². The number of nitrogens with zero attached hydrogens (tertiary/aromatic N) is 1. The number of urea groups is 1. The number of rotatable bonds is 7. The van der Waals surface area contributed by atoms with Crippen molar-refractivity contribution in [3.8, 4) is 0 Å². The van der Waals surface area contributed by atoms with Crippen LogP contribution >= 0.6 is 22.9 Å². The van der Waals surface area contributed by atoms with Crippen LogP contribution in [0, 0.1) is 0 Å². The Hall–Kier alpha value is -2.09. The topological polar surface area (TPSA) is 70.7 Å². The van der Waals surface area contributed by atoms with E-state index in [0.717, 1.165) is 23.3 Å². The van der Waals surface area contributed by atoms with Crippen LogP contribution in [-0.4, -0.2) is 36.1 Å². The summed E-state index contributed by atoms with van der Waals surface area (Å²) in [6, 6.07) is 11.1. The largest absolute Gasteiger partial charge is 0.368 e. The third-order valence-corrected chi connectivity index (χ3v) is 5.72. The molecule has 0 saturated carbocycles. The number of hydrogen-bond acceptors (Lipinski definition) is 4. The van der Waals surface area contributed by atoms with E-state index in [4.69, 9.17) is 16.3 Å². The van der Waals surface area contributed by atoms with Gasteiger partial charge in [0.15, 0.2) is 0 Å². The van der Waals surface area contributed by atoms with Gasteiger partial charge in [0, 0.05) is 30.3 Å². The van der Waals surface area contributed by atoms with Crippen LogP contribution in [-0.2, 0) is 22.6 Å². The number of thiophene rings is 1. The summed E-state index contributed by atoms with van der Waals surface area (Å²) < 4.78 is 6.12. The summed E-state index contributed by atoms with van der Waals surface area (Å²) >= 11 is 7.44. The van der Waals surface area contributed by atoms with Gasteiger partial charge in [0.2, 0.25) is 0 Å². The highest BCUT2D eigenvalue weighted by Gasteiger charge is 2.23. The maximum atomic E-state index is 12.5. The number of amides is 3. The average molecular weight is 422 g/mol. The molecule has 1 aromatic carbocycles. The Kier molecular flexibility index (Phi) is 7.30. The van der Waals surface area contributed by atoms with Gasteiger partial charge in [-0.1, -0.05) is 23.7 Å². The summed E-state index contributed by atoms with van der Waals surface area (Å²) in [5, 5.41) is 5.82. The Morgan fingerprint density at radius 1 is 1.32 bits per heavy atom. The van der Waals surface area contributed by atoms with Gasteiger partial charge in [0.05, 0.1) is 10.9 Å². The lowest BCUT2D eigenvalue weighted by Crippen LogP contribution is -2.38. The average Bonchev–Trinajstić information content (AvgIpc) is 3.36. The Balaban J connectivity index is 1.53. The number of carbonyl (C=O) groups is 2. The molecule has 1 aromatic heterocycles. The van der Waals surface area contributed by atoms with Crippen LogP contribution in [0.25, 0.3) is 0 Å². The molecule has 8 heteroatoms. The lowest BCUT2D eigenvalue weighted by atomic mass is 10.2. The van der Waals surface area contributed by atoms with Gasteiger partial charge in [-0.15, -0.1) is 11.3 Å². The minimum Gasteiger partial charge on any atom is -0.368 e. The zero-order valence-electron chi connectivity index (χ0n) is 15.7. The zero-order chi connectivity index (χ0) is 19.9. The Labute approximate surface area is 173 Å². The van der Waals surface area contributed by atoms with E-state index >= 15 is 0 Å². The lowest BCUT2D eigenvalue weighted by molar-refractivity contribution is -0.124. The molecular formula is C20H24ClN3O3S. The molecule has 28 heavy (non-hydrogen) atoms. The molecule has 2 aromatic rings. The van der Waals surface area contributed by atoms with Gasteiger partial charge in [-0.25, -0.2) is 4.79 Å². The van der Waals surface area contributed by atoms with E-state index in [-0.39, 0.29) is 18.0 Å². The minimum absolute atomic E-state index is 0.120. The van der Waals surface area contributed by atoms with Gasteiger partial charge >= 0.3 is 6.03 Å². The molecule has 6 nitrogen and oxygen atoms in total. The van der Waals surface area contributed by atoms with Crippen molar-refractivity contribution in [1.82, 2.24) is 10.2 Å². The quantitative estimate of drug-likeness (QED) is 0.702. The third-order valence-electron chi connectivity index (χ3n) is 4.50. The molecule has 1 atom stereocenters. The second-order valence-electron chi connectivity index (χ2n) is 6.57. The van der Waals surface area contributed by atoms with Crippen molar-refractivity contribution in [3.05, 3.63) is 51.2 Å². The Bertz CT molecular complexity index is 821. The SMILES string of the molecule is CCN(Cc1ccc(Cl)s1)C(=O)NCc1cccc(NC(=O)C2CCCO2)c1.